The largest absolute Gasteiger partial charge is 0.508 e. The number of fused-ring (bicyclic) bond motifs is 3. The molecule has 0 amide bonds. The third-order valence-corrected chi connectivity index (χ3v) is 4.33. The fraction of sp³-hybridized carbons (Fsp3) is 0.0476. The van der Waals surface area contributed by atoms with E-state index in [1.165, 1.54) is 0 Å². The summed E-state index contributed by atoms with van der Waals surface area (Å²) >= 11 is 0. The van der Waals surface area contributed by atoms with Crippen molar-refractivity contribution in [2.45, 2.75) is 6.92 Å². The molecule has 0 fully saturated rings. The Labute approximate surface area is 134 Å². The molecule has 0 aliphatic heterocycles. The monoisotopic (exact) mass is 299 g/mol. The van der Waals surface area contributed by atoms with Crippen LogP contribution in [0.1, 0.15) is 16.7 Å². The maximum Gasteiger partial charge on any atom is 0.119 e. The van der Waals surface area contributed by atoms with E-state index < -0.39 is 0 Å². The number of hydrogen-bond acceptors (Lipinski definition) is 1. The minimum atomic E-state index is 0.329. The number of phenolic OH excluding ortho intramolecular Hbond substituents is 1. The molecule has 23 heavy (non-hydrogen) atoms. The van der Waals surface area contributed by atoms with Crippen molar-refractivity contribution in [3.63, 3.8) is 0 Å². The Morgan fingerprint density at radius 3 is 2.43 bits per heavy atom. The third-order valence-electron chi connectivity index (χ3n) is 4.33. The Hall–Kier alpha value is -3.00. The molecule has 0 bridgehead atoms. The van der Waals surface area contributed by atoms with Gasteiger partial charge in [-0.1, -0.05) is 60.7 Å². The molecule has 0 atom stereocenters. The first-order valence-corrected chi connectivity index (χ1v) is 7.70. The van der Waals surface area contributed by atoms with Crippen molar-refractivity contribution >= 4 is 34.0 Å². The van der Waals surface area contributed by atoms with Crippen LogP contribution in [0.4, 0.5) is 0 Å². The summed E-state index contributed by atoms with van der Waals surface area (Å²) in [5.74, 6) is 0.329. The highest BCUT2D eigenvalue weighted by Gasteiger charge is 2.12. The van der Waals surface area contributed by atoms with Gasteiger partial charge < -0.3 is 10.1 Å². The summed E-state index contributed by atoms with van der Waals surface area (Å²) in [6.07, 6.45) is 4.15. The topological polar surface area (TPSA) is 36.0 Å². The van der Waals surface area contributed by atoms with Crippen LogP contribution in [-0.4, -0.2) is 10.1 Å². The zero-order chi connectivity index (χ0) is 15.8. The highest BCUT2D eigenvalue weighted by atomic mass is 16.3. The van der Waals surface area contributed by atoms with E-state index in [9.17, 15) is 5.11 Å². The Morgan fingerprint density at radius 2 is 1.61 bits per heavy atom. The van der Waals surface area contributed by atoms with Crippen LogP contribution in [0.5, 0.6) is 5.75 Å². The number of aromatic hydroxyl groups is 1. The lowest BCUT2D eigenvalue weighted by molar-refractivity contribution is 0.472. The van der Waals surface area contributed by atoms with Gasteiger partial charge in [-0.05, 0) is 24.6 Å². The molecule has 0 aliphatic rings. The van der Waals surface area contributed by atoms with Crippen molar-refractivity contribution in [3.05, 3.63) is 77.4 Å². The van der Waals surface area contributed by atoms with E-state index in [-0.39, 0.29) is 0 Å². The molecule has 1 aromatic heterocycles. The van der Waals surface area contributed by atoms with Gasteiger partial charge in [0.25, 0.3) is 0 Å². The summed E-state index contributed by atoms with van der Waals surface area (Å²) in [6, 6.07) is 20.2. The average Bonchev–Trinajstić information content (AvgIpc) is 2.94. The van der Waals surface area contributed by atoms with Crippen LogP contribution in [-0.2, 0) is 0 Å². The van der Waals surface area contributed by atoms with Crippen molar-refractivity contribution in [2.75, 3.05) is 0 Å². The molecule has 2 N–H and O–H groups in total. The Morgan fingerprint density at radius 1 is 0.870 bits per heavy atom. The molecule has 2 nitrogen and oxygen atoms in total. The maximum absolute atomic E-state index is 10.3. The first-order valence-electron chi connectivity index (χ1n) is 7.70. The quantitative estimate of drug-likeness (QED) is 0.471. The Balaban J connectivity index is 1.97. The number of aromatic nitrogens is 1. The first-order chi connectivity index (χ1) is 11.2. The van der Waals surface area contributed by atoms with Crippen molar-refractivity contribution in [1.29, 1.82) is 0 Å². The van der Waals surface area contributed by atoms with E-state index >= 15 is 0 Å². The molecular weight excluding hydrogens is 282 g/mol. The molecular formula is C21H17NO. The lowest BCUT2D eigenvalue weighted by atomic mass is 10.0. The van der Waals surface area contributed by atoms with Gasteiger partial charge in [0.1, 0.15) is 5.75 Å². The standard InChI is InChI=1S/C21H17NO/c1-14-16(12-11-15-7-3-2-4-8-15)21-18(13-20(14)23)17-9-5-6-10-19(17)22-21/h2-13,22-23H,1H3/b12-11+. The molecule has 3 aromatic carbocycles. The number of para-hydroxylation sites is 1. The number of aromatic amines is 1. The molecule has 4 aromatic rings. The summed E-state index contributed by atoms with van der Waals surface area (Å²) in [5, 5.41) is 12.5. The van der Waals surface area contributed by atoms with Crippen LogP contribution in [0.2, 0.25) is 0 Å². The second-order valence-electron chi connectivity index (χ2n) is 5.77. The predicted octanol–water partition coefficient (Wildman–Crippen LogP) is 5.51. The fourth-order valence-corrected chi connectivity index (χ4v) is 3.05. The van der Waals surface area contributed by atoms with Gasteiger partial charge in [0.2, 0.25) is 0 Å². The molecule has 4 rings (SSSR count). The molecule has 0 saturated carbocycles. The van der Waals surface area contributed by atoms with Gasteiger partial charge >= 0.3 is 0 Å². The Bertz CT molecular complexity index is 1030. The van der Waals surface area contributed by atoms with E-state index in [0.29, 0.717) is 5.75 Å². The number of rotatable bonds is 2. The van der Waals surface area contributed by atoms with Gasteiger partial charge in [0, 0.05) is 27.4 Å². The molecule has 0 radical (unpaired) electrons. The third kappa shape index (κ3) is 2.29. The van der Waals surface area contributed by atoms with Gasteiger partial charge in [0.05, 0.1) is 5.52 Å². The molecule has 1 heterocycles. The molecule has 112 valence electrons. The fourth-order valence-electron chi connectivity index (χ4n) is 3.05. The molecule has 0 spiro atoms. The molecule has 0 saturated heterocycles. The number of benzene rings is 3. The minimum absolute atomic E-state index is 0.329. The summed E-state index contributed by atoms with van der Waals surface area (Å²) in [7, 11) is 0. The van der Waals surface area contributed by atoms with Crippen LogP contribution in [0.3, 0.4) is 0 Å². The van der Waals surface area contributed by atoms with Crippen LogP contribution in [0.25, 0.3) is 34.0 Å². The minimum Gasteiger partial charge on any atom is -0.508 e. The van der Waals surface area contributed by atoms with E-state index in [4.69, 9.17) is 0 Å². The zero-order valence-corrected chi connectivity index (χ0v) is 12.9. The smallest absolute Gasteiger partial charge is 0.119 e. The summed E-state index contributed by atoms with van der Waals surface area (Å²) in [6.45, 7) is 1.95. The van der Waals surface area contributed by atoms with E-state index in [0.717, 1.165) is 38.5 Å². The lowest BCUT2D eigenvalue weighted by Crippen LogP contribution is -1.85. The van der Waals surface area contributed by atoms with Gasteiger partial charge in [0.15, 0.2) is 0 Å². The number of phenols is 1. The predicted molar refractivity (Wildman–Crippen MR) is 97.6 cm³/mol. The molecule has 0 aliphatic carbocycles. The van der Waals surface area contributed by atoms with Crippen LogP contribution < -0.4 is 0 Å². The zero-order valence-electron chi connectivity index (χ0n) is 12.9. The second kappa shape index (κ2) is 5.33. The summed E-state index contributed by atoms with van der Waals surface area (Å²) < 4.78 is 0. The van der Waals surface area contributed by atoms with E-state index in [1.807, 2.05) is 43.3 Å². The normalized spacial score (nSPS) is 11.7. The van der Waals surface area contributed by atoms with E-state index in [1.54, 1.807) is 0 Å². The maximum atomic E-state index is 10.3. The van der Waals surface area contributed by atoms with Crippen molar-refractivity contribution in [2.24, 2.45) is 0 Å². The van der Waals surface area contributed by atoms with Gasteiger partial charge in [-0.25, -0.2) is 0 Å². The van der Waals surface area contributed by atoms with Gasteiger partial charge in [-0.15, -0.1) is 0 Å². The first kappa shape index (κ1) is 13.6. The lowest BCUT2D eigenvalue weighted by Gasteiger charge is -2.06. The Kier molecular flexibility index (Phi) is 3.16. The van der Waals surface area contributed by atoms with Gasteiger partial charge in [-0.2, -0.15) is 0 Å². The SMILES string of the molecule is Cc1c(O)cc2c([nH]c3ccccc32)c1/C=C/c1ccccc1. The van der Waals surface area contributed by atoms with E-state index in [2.05, 4.69) is 41.4 Å². The van der Waals surface area contributed by atoms with Crippen molar-refractivity contribution in [1.82, 2.24) is 4.98 Å². The molecule has 2 heteroatoms. The highest BCUT2D eigenvalue weighted by molar-refractivity contribution is 6.11. The van der Waals surface area contributed by atoms with Gasteiger partial charge in [-0.3, -0.25) is 0 Å². The molecule has 0 unspecified atom stereocenters. The summed E-state index contributed by atoms with van der Waals surface area (Å²) in [5.41, 5.74) is 5.20. The van der Waals surface area contributed by atoms with Crippen molar-refractivity contribution in [3.8, 4) is 5.75 Å². The van der Waals surface area contributed by atoms with Crippen LogP contribution in [0.15, 0.2) is 60.7 Å². The van der Waals surface area contributed by atoms with Crippen LogP contribution in [0, 0.1) is 6.92 Å². The van der Waals surface area contributed by atoms with Crippen LogP contribution >= 0.6 is 0 Å². The second-order valence-corrected chi connectivity index (χ2v) is 5.77. The van der Waals surface area contributed by atoms with Crippen molar-refractivity contribution < 1.29 is 5.11 Å². The highest BCUT2D eigenvalue weighted by Crippen LogP contribution is 2.35. The average molecular weight is 299 g/mol. The number of H-pyrrole nitrogens is 1. The number of nitrogens with one attached hydrogen (secondary N) is 1. The number of hydrogen-bond donors (Lipinski definition) is 2. The summed E-state index contributed by atoms with van der Waals surface area (Å²) in [4.78, 5) is 3.49.